The second-order valence-electron chi connectivity index (χ2n) is 8.26. The number of pyridine rings is 3. The van der Waals surface area contributed by atoms with Gasteiger partial charge in [0.15, 0.2) is 5.82 Å². The second-order valence-corrected chi connectivity index (χ2v) is 8.26. The van der Waals surface area contributed by atoms with Gasteiger partial charge in [0.1, 0.15) is 17.1 Å². The molecule has 0 radical (unpaired) electrons. The standard InChI is InChI=1S/C25H26N6O2/c1-15(2)31-12-11-26-23(31)21-7-6-8-22(28-21)29-24(32)20-13-18(14-30(5)25(20)33)19-10-9-16(3)27-17(19)4/h6-15H,1-5H3,(H,28,29,32). The fourth-order valence-corrected chi connectivity index (χ4v) is 3.75. The van der Waals surface area contributed by atoms with Gasteiger partial charge in [-0.25, -0.2) is 9.97 Å². The Kier molecular flexibility index (Phi) is 5.91. The Balaban J connectivity index is 1.67. The Morgan fingerprint density at radius 2 is 1.88 bits per heavy atom. The summed E-state index contributed by atoms with van der Waals surface area (Å²) in [6.45, 7) is 7.95. The Morgan fingerprint density at radius 1 is 1.09 bits per heavy atom. The van der Waals surface area contributed by atoms with E-state index in [1.807, 2.05) is 42.8 Å². The van der Waals surface area contributed by atoms with Crippen LogP contribution in [0.25, 0.3) is 22.6 Å². The SMILES string of the molecule is Cc1ccc(-c2cc(C(=O)Nc3cccc(-c4nccn4C(C)C)n3)c(=O)n(C)c2)c(C)n1. The maximum atomic E-state index is 13.1. The van der Waals surface area contributed by atoms with Gasteiger partial charge in [0, 0.05) is 54.2 Å². The van der Waals surface area contributed by atoms with Gasteiger partial charge in [-0.15, -0.1) is 0 Å². The first kappa shape index (κ1) is 22.1. The van der Waals surface area contributed by atoms with E-state index in [1.165, 1.54) is 4.57 Å². The Labute approximate surface area is 192 Å². The number of amides is 1. The summed E-state index contributed by atoms with van der Waals surface area (Å²) < 4.78 is 3.41. The van der Waals surface area contributed by atoms with Crippen LogP contribution in [-0.4, -0.2) is 30.0 Å². The Bertz CT molecular complexity index is 1400. The number of hydrogen-bond acceptors (Lipinski definition) is 5. The summed E-state index contributed by atoms with van der Waals surface area (Å²) in [5.41, 5.74) is 3.62. The highest BCUT2D eigenvalue weighted by Gasteiger charge is 2.17. The molecule has 1 N–H and O–H groups in total. The molecule has 0 aliphatic rings. The normalized spacial score (nSPS) is 11.1. The zero-order valence-electron chi connectivity index (χ0n) is 19.3. The largest absolute Gasteiger partial charge is 0.327 e. The van der Waals surface area contributed by atoms with Crippen molar-refractivity contribution in [3.05, 3.63) is 82.3 Å². The van der Waals surface area contributed by atoms with E-state index in [4.69, 9.17) is 0 Å². The predicted molar refractivity (Wildman–Crippen MR) is 128 cm³/mol. The lowest BCUT2D eigenvalue weighted by Crippen LogP contribution is -2.28. The molecule has 8 heteroatoms. The summed E-state index contributed by atoms with van der Waals surface area (Å²) in [6.07, 6.45) is 5.33. The van der Waals surface area contributed by atoms with E-state index in [1.54, 1.807) is 37.6 Å². The summed E-state index contributed by atoms with van der Waals surface area (Å²) in [5.74, 6) is 0.532. The molecule has 0 bridgehead atoms. The molecule has 0 unspecified atom stereocenters. The number of carbonyl (C=O) groups is 1. The van der Waals surface area contributed by atoms with Crippen molar-refractivity contribution in [3.63, 3.8) is 0 Å². The van der Waals surface area contributed by atoms with Crippen LogP contribution in [0.1, 0.15) is 41.6 Å². The maximum Gasteiger partial charge on any atom is 0.263 e. The minimum absolute atomic E-state index is 0.0332. The van der Waals surface area contributed by atoms with E-state index in [0.29, 0.717) is 17.3 Å². The van der Waals surface area contributed by atoms with Crippen LogP contribution in [-0.2, 0) is 7.05 Å². The van der Waals surface area contributed by atoms with Crippen LogP contribution in [0.15, 0.2) is 59.8 Å². The summed E-state index contributed by atoms with van der Waals surface area (Å²) in [6, 6.07) is 11.0. The molecule has 0 saturated heterocycles. The Morgan fingerprint density at radius 3 is 2.61 bits per heavy atom. The number of imidazole rings is 1. The van der Waals surface area contributed by atoms with Crippen molar-refractivity contribution >= 4 is 11.7 Å². The molecule has 1 amide bonds. The monoisotopic (exact) mass is 442 g/mol. The number of rotatable bonds is 5. The van der Waals surface area contributed by atoms with Gasteiger partial charge in [0.25, 0.3) is 11.5 Å². The second kappa shape index (κ2) is 8.82. The predicted octanol–water partition coefficient (Wildman–Crippen LogP) is 4.16. The molecule has 0 aliphatic heterocycles. The van der Waals surface area contributed by atoms with Crippen LogP contribution in [0.5, 0.6) is 0 Å². The molecule has 0 spiro atoms. The minimum Gasteiger partial charge on any atom is -0.327 e. The van der Waals surface area contributed by atoms with Crippen molar-refractivity contribution in [1.29, 1.82) is 0 Å². The van der Waals surface area contributed by atoms with Crippen molar-refractivity contribution in [2.45, 2.75) is 33.7 Å². The number of hydrogen-bond donors (Lipinski definition) is 1. The van der Waals surface area contributed by atoms with Gasteiger partial charge in [0.05, 0.1) is 0 Å². The Hall–Kier alpha value is -4.07. The summed E-state index contributed by atoms with van der Waals surface area (Å²) in [4.78, 5) is 39.3. The van der Waals surface area contributed by atoms with Crippen LogP contribution in [0.4, 0.5) is 5.82 Å². The minimum atomic E-state index is -0.521. The fraction of sp³-hybridized carbons (Fsp3) is 0.240. The van der Waals surface area contributed by atoms with Crippen molar-refractivity contribution in [2.24, 2.45) is 7.05 Å². The summed E-state index contributed by atoms with van der Waals surface area (Å²) in [5, 5.41) is 2.76. The van der Waals surface area contributed by atoms with Gasteiger partial charge in [0.2, 0.25) is 0 Å². The van der Waals surface area contributed by atoms with Crippen LogP contribution in [0.2, 0.25) is 0 Å². The molecule has 33 heavy (non-hydrogen) atoms. The van der Waals surface area contributed by atoms with Gasteiger partial charge in [-0.05, 0) is 52.0 Å². The first-order valence-electron chi connectivity index (χ1n) is 10.7. The third kappa shape index (κ3) is 4.45. The highest BCUT2D eigenvalue weighted by atomic mass is 16.2. The number of carbonyl (C=O) groups excluding carboxylic acids is 1. The fourth-order valence-electron chi connectivity index (χ4n) is 3.75. The number of aryl methyl sites for hydroxylation is 3. The quantitative estimate of drug-likeness (QED) is 0.501. The molecular weight excluding hydrogens is 416 g/mol. The van der Waals surface area contributed by atoms with Gasteiger partial charge in [-0.2, -0.15) is 0 Å². The zero-order chi connectivity index (χ0) is 23.7. The average Bonchev–Trinajstić information content (AvgIpc) is 3.26. The molecule has 0 aliphatic carbocycles. The zero-order valence-corrected chi connectivity index (χ0v) is 19.3. The molecular formula is C25H26N6O2. The lowest BCUT2D eigenvalue weighted by molar-refractivity contribution is 0.102. The number of aromatic nitrogens is 5. The van der Waals surface area contributed by atoms with Gasteiger partial charge < -0.3 is 14.5 Å². The molecule has 0 saturated carbocycles. The molecule has 4 rings (SSSR count). The molecule has 4 aromatic heterocycles. The number of anilines is 1. The topological polar surface area (TPSA) is 94.7 Å². The van der Waals surface area contributed by atoms with E-state index in [-0.39, 0.29) is 17.2 Å². The summed E-state index contributed by atoms with van der Waals surface area (Å²) >= 11 is 0. The van der Waals surface area contributed by atoms with Crippen molar-refractivity contribution in [2.75, 3.05) is 5.32 Å². The van der Waals surface area contributed by atoms with Crippen molar-refractivity contribution < 1.29 is 4.79 Å². The van der Waals surface area contributed by atoms with E-state index in [0.717, 1.165) is 22.5 Å². The van der Waals surface area contributed by atoms with Crippen LogP contribution >= 0.6 is 0 Å². The lowest BCUT2D eigenvalue weighted by Gasteiger charge is -2.13. The highest BCUT2D eigenvalue weighted by Crippen LogP contribution is 2.23. The van der Waals surface area contributed by atoms with Crippen molar-refractivity contribution in [3.8, 4) is 22.6 Å². The third-order valence-electron chi connectivity index (χ3n) is 5.41. The molecule has 4 aromatic rings. The first-order valence-corrected chi connectivity index (χ1v) is 10.7. The highest BCUT2D eigenvalue weighted by molar-refractivity contribution is 6.04. The van der Waals surface area contributed by atoms with E-state index in [2.05, 4.69) is 34.1 Å². The molecule has 4 heterocycles. The van der Waals surface area contributed by atoms with Gasteiger partial charge >= 0.3 is 0 Å². The van der Waals surface area contributed by atoms with Crippen LogP contribution in [0.3, 0.4) is 0 Å². The molecule has 0 aromatic carbocycles. The van der Waals surface area contributed by atoms with Gasteiger partial charge in [-0.3, -0.25) is 14.6 Å². The van der Waals surface area contributed by atoms with Gasteiger partial charge in [-0.1, -0.05) is 12.1 Å². The number of nitrogens with zero attached hydrogens (tertiary/aromatic N) is 5. The number of nitrogens with one attached hydrogen (secondary N) is 1. The lowest BCUT2D eigenvalue weighted by atomic mass is 10.0. The third-order valence-corrected chi connectivity index (χ3v) is 5.41. The molecule has 0 fully saturated rings. The van der Waals surface area contributed by atoms with Crippen LogP contribution in [0, 0.1) is 13.8 Å². The first-order chi connectivity index (χ1) is 15.7. The molecule has 168 valence electrons. The summed E-state index contributed by atoms with van der Waals surface area (Å²) in [7, 11) is 1.63. The smallest absolute Gasteiger partial charge is 0.263 e. The average molecular weight is 443 g/mol. The maximum absolute atomic E-state index is 13.1. The molecule has 8 nitrogen and oxygen atoms in total. The van der Waals surface area contributed by atoms with E-state index >= 15 is 0 Å². The van der Waals surface area contributed by atoms with E-state index in [9.17, 15) is 9.59 Å². The van der Waals surface area contributed by atoms with Crippen LogP contribution < -0.4 is 10.9 Å². The van der Waals surface area contributed by atoms with E-state index < -0.39 is 5.91 Å². The van der Waals surface area contributed by atoms with Crippen molar-refractivity contribution in [1.82, 2.24) is 24.1 Å². The molecule has 0 atom stereocenters.